The van der Waals surface area contributed by atoms with Crippen molar-refractivity contribution in [3.8, 4) is 0 Å². The van der Waals surface area contributed by atoms with Gasteiger partial charge in [0.1, 0.15) is 0 Å². The Morgan fingerprint density at radius 1 is 1.14 bits per heavy atom. The Morgan fingerprint density at radius 2 is 1.96 bits per heavy atom. The molecule has 2 atom stereocenters. The summed E-state index contributed by atoms with van der Waals surface area (Å²) in [4.78, 5) is 28.1. The van der Waals surface area contributed by atoms with Crippen LogP contribution in [0.15, 0.2) is 29.1 Å². The van der Waals surface area contributed by atoms with E-state index >= 15 is 0 Å². The quantitative estimate of drug-likeness (QED) is 0.655. The lowest BCUT2D eigenvalue weighted by Crippen LogP contribution is -2.53. The van der Waals surface area contributed by atoms with Crippen molar-refractivity contribution in [1.29, 1.82) is 0 Å². The molecule has 2 aromatic rings. The zero-order valence-corrected chi connectivity index (χ0v) is 16.5. The zero-order chi connectivity index (χ0) is 19.5. The van der Waals surface area contributed by atoms with Crippen LogP contribution in [0.5, 0.6) is 0 Å². The molecule has 1 saturated heterocycles. The fourth-order valence-corrected chi connectivity index (χ4v) is 4.52. The van der Waals surface area contributed by atoms with E-state index in [0.29, 0.717) is 18.2 Å². The van der Waals surface area contributed by atoms with Crippen LogP contribution in [-0.4, -0.2) is 36.1 Å². The van der Waals surface area contributed by atoms with Gasteiger partial charge in [-0.2, -0.15) is 0 Å². The third-order valence-corrected chi connectivity index (χ3v) is 6.18. The molecule has 1 aliphatic carbocycles. The first-order valence-electron chi connectivity index (χ1n) is 10.5. The number of hydrogen-bond acceptors (Lipinski definition) is 4. The van der Waals surface area contributed by atoms with Crippen molar-refractivity contribution in [3.05, 3.63) is 40.2 Å². The van der Waals surface area contributed by atoms with Gasteiger partial charge in [0, 0.05) is 29.6 Å². The first kappa shape index (κ1) is 19.0. The number of nitrogens with one attached hydrogen (secondary N) is 4. The second-order valence-electron chi connectivity index (χ2n) is 8.24. The Bertz CT molecular complexity index is 901. The molecule has 0 unspecified atom stereocenters. The predicted octanol–water partition coefficient (Wildman–Crippen LogP) is 2.68. The number of rotatable bonds is 4. The number of aromatic nitrogens is 1. The molecule has 150 valence electrons. The minimum Gasteiger partial charge on any atom is -0.380 e. The van der Waals surface area contributed by atoms with Crippen LogP contribution < -0.4 is 21.5 Å². The fraction of sp³-hybridized carbons (Fsp3) is 0.545. The molecule has 0 bridgehead atoms. The average molecular weight is 383 g/mol. The highest BCUT2D eigenvalue weighted by molar-refractivity contribution is 5.91. The SMILES string of the molecule is Cc1cc2cccc(N[C@@H]3CCNC[C@H]3C(=O)NC3CCCCC3)c2[nH]c1=O. The summed E-state index contributed by atoms with van der Waals surface area (Å²) in [5.74, 6) is 0.0178. The number of fused-ring (bicyclic) bond motifs is 1. The second-order valence-corrected chi connectivity index (χ2v) is 8.24. The Balaban J connectivity index is 1.53. The highest BCUT2D eigenvalue weighted by Gasteiger charge is 2.32. The van der Waals surface area contributed by atoms with Crippen molar-refractivity contribution < 1.29 is 4.79 Å². The maximum absolute atomic E-state index is 13.0. The number of amides is 1. The van der Waals surface area contributed by atoms with Crippen LogP contribution in [0.3, 0.4) is 0 Å². The smallest absolute Gasteiger partial charge is 0.251 e. The molecule has 4 rings (SSSR count). The van der Waals surface area contributed by atoms with E-state index in [1.165, 1.54) is 19.3 Å². The second kappa shape index (κ2) is 8.35. The summed E-state index contributed by atoms with van der Waals surface area (Å²) in [6.45, 7) is 3.37. The molecule has 2 heterocycles. The van der Waals surface area contributed by atoms with Crippen LogP contribution in [0, 0.1) is 12.8 Å². The topological polar surface area (TPSA) is 86.0 Å². The molecule has 1 amide bonds. The van der Waals surface area contributed by atoms with E-state index in [9.17, 15) is 9.59 Å². The van der Waals surface area contributed by atoms with E-state index in [4.69, 9.17) is 0 Å². The molecule has 0 spiro atoms. The summed E-state index contributed by atoms with van der Waals surface area (Å²) in [5, 5.41) is 11.2. The number of carbonyl (C=O) groups excluding carboxylic acids is 1. The van der Waals surface area contributed by atoms with Crippen molar-refractivity contribution in [1.82, 2.24) is 15.6 Å². The molecule has 1 aliphatic heterocycles. The summed E-state index contributed by atoms with van der Waals surface area (Å²) in [7, 11) is 0. The molecule has 1 saturated carbocycles. The summed E-state index contributed by atoms with van der Waals surface area (Å²) in [5.41, 5.74) is 2.33. The van der Waals surface area contributed by atoms with Crippen molar-refractivity contribution in [2.75, 3.05) is 18.4 Å². The zero-order valence-electron chi connectivity index (χ0n) is 16.5. The van der Waals surface area contributed by atoms with Gasteiger partial charge >= 0.3 is 0 Å². The third kappa shape index (κ3) is 4.07. The van der Waals surface area contributed by atoms with Gasteiger partial charge in [-0.15, -0.1) is 0 Å². The number of anilines is 1. The number of hydrogen-bond donors (Lipinski definition) is 4. The normalized spacial score (nSPS) is 23.5. The number of aromatic amines is 1. The lowest BCUT2D eigenvalue weighted by atomic mass is 9.90. The van der Waals surface area contributed by atoms with Crippen molar-refractivity contribution in [3.63, 3.8) is 0 Å². The van der Waals surface area contributed by atoms with E-state index < -0.39 is 0 Å². The highest BCUT2D eigenvalue weighted by atomic mass is 16.2. The molecule has 2 aliphatic rings. The van der Waals surface area contributed by atoms with Gasteiger partial charge in [0.2, 0.25) is 5.91 Å². The summed E-state index contributed by atoms with van der Waals surface area (Å²) in [6, 6.07) is 8.24. The molecule has 28 heavy (non-hydrogen) atoms. The summed E-state index contributed by atoms with van der Waals surface area (Å²) in [6.07, 6.45) is 6.74. The van der Waals surface area contributed by atoms with Gasteiger partial charge in [-0.05, 0) is 44.9 Å². The van der Waals surface area contributed by atoms with Crippen molar-refractivity contribution >= 4 is 22.5 Å². The number of pyridine rings is 1. The first-order chi connectivity index (χ1) is 13.6. The maximum atomic E-state index is 13.0. The summed E-state index contributed by atoms with van der Waals surface area (Å²) < 4.78 is 0. The number of benzene rings is 1. The molecule has 2 fully saturated rings. The Kier molecular flexibility index (Phi) is 5.67. The molecule has 1 aromatic carbocycles. The van der Waals surface area contributed by atoms with Gasteiger partial charge < -0.3 is 20.9 Å². The standard InChI is InChI=1S/C22H30N4O2/c1-14-12-15-6-5-9-19(20(15)26-21(14)27)25-18-10-11-23-13-17(18)22(28)24-16-7-3-2-4-8-16/h5-6,9,12,16-18,23,25H,2-4,7-8,10-11,13H2,1H3,(H,24,28)(H,26,27)/t17-,18-/m1/s1. The lowest BCUT2D eigenvalue weighted by molar-refractivity contribution is -0.126. The van der Waals surface area contributed by atoms with Gasteiger partial charge in [-0.3, -0.25) is 9.59 Å². The van der Waals surface area contributed by atoms with Gasteiger partial charge in [-0.25, -0.2) is 0 Å². The first-order valence-corrected chi connectivity index (χ1v) is 10.5. The van der Waals surface area contributed by atoms with Gasteiger partial charge in [0.05, 0.1) is 17.1 Å². The van der Waals surface area contributed by atoms with Gasteiger partial charge in [0.15, 0.2) is 0 Å². The molecular weight excluding hydrogens is 352 g/mol. The van der Waals surface area contributed by atoms with Gasteiger partial charge in [-0.1, -0.05) is 31.4 Å². The maximum Gasteiger partial charge on any atom is 0.251 e. The van der Waals surface area contributed by atoms with Crippen LogP contribution in [0.25, 0.3) is 10.9 Å². The number of aryl methyl sites for hydroxylation is 1. The van der Waals surface area contributed by atoms with Crippen LogP contribution in [0.2, 0.25) is 0 Å². The van der Waals surface area contributed by atoms with Crippen LogP contribution in [-0.2, 0) is 4.79 Å². The largest absolute Gasteiger partial charge is 0.380 e. The van der Waals surface area contributed by atoms with Crippen molar-refractivity contribution in [2.24, 2.45) is 5.92 Å². The minimum atomic E-state index is -0.122. The van der Waals surface area contributed by atoms with Crippen LogP contribution in [0.4, 0.5) is 5.69 Å². The van der Waals surface area contributed by atoms with E-state index in [1.807, 2.05) is 31.2 Å². The van der Waals surface area contributed by atoms with E-state index in [1.54, 1.807) is 0 Å². The molecule has 6 heteroatoms. The van der Waals surface area contributed by atoms with Crippen molar-refractivity contribution in [2.45, 2.75) is 57.5 Å². The third-order valence-electron chi connectivity index (χ3n) is 6.18. The average Bonchev–Trinajstić information content (AvgIpc) is 2.70. The molecule has 0 radical (unpaired) electrons. The predicted molar refractivity (Wildman–Crippen MR) is 113 cm³/mol. The van der Waals surface area contributed by atoms with Crippen LogP contribution >= 0.6 is 0 Å². The lowest BCUT2D eigenvalue weighted by Gasteiger charge is -2.34. The molecular formula is C22H30N4O2. The minimum absolute atomic E-state index is 0.0419. The Hall–Kier alpha value is -2.34. The Morgan fingerprint density at radius 3 is 2.79 bits per heavy atom. The van der Waals surface area contributed by atoms with Crippen LogP contribution in [0.1, 0.15) is 44.1 Å². The molecule has 4 N–H and O–H groups in total. The van der Waals surface area contributed by atoms with E-state index in [2.05, 4.69) is 20.9 Å². The number of carbonyl (C=O) groups is 1. The molecule has 6 nitrogen and oxygen atoms in total. The number of para-hydroxylation sites is 1. The Labute approximate surface area is 165 Å². The van der Waals surface area contributed by atoms with Gasteiger partial charge in [0.25, 0.3) is 5.56 Å². The highest BCUT2D eigenvalue weighted by Crippen LogP contribution is 2.25. The monoisotopic (exact) mass is 382 g/mol. The fourth-order valence-electron chi connectivity index (χ4n) is 4.52. The summed E-state index contributed by atoms with van der Waals surface area (Å²) >= 11 is 0. The van der Waals surface area contributed by atoms with E-state index in [-0.39, 0.29) is 23.4 Å². The number of H-pyrrole nitrogens is 1. The number of piperidine rings is 1. The van der Waals surface area contributed by atoms with E-state index in [0.717, 1.165) is 42.4 Å². The molecule has 1 aromatic heterocycles.